The second kappa shape index (κ2) is 10.3. The van der Waals surface area contributed by atoms with Crippen LogP contribution in [0.25, 0.3) is 0 Å². The van der Waals surface area contributed by atoms with Gasteiger partial charge in [-0.2, -0.15) is 5.26 Å². The minimum Gasteiger partial charge on any atom is -0.395 e. The van der Waals surface area contributed by atoms with Crippen LogP contribution in [0.2, 0.25) is 0 Å². The van der Waals surface area contributed by atoms with Crippen LogP contribution >= 0.6 is 0 Å². The normalized spacial score (nSPS) is 17.2. The number of nitrogens with zero attached hydrogens (tertiary/aromatic N) is 1. The quantitative estimate of drug-likeness (QED) is 0.387. The molecule has 2 rings (SSSR count). The maximum absolute atomic E-state index is 13.1. The second-order valence-electron chi connectivity index (χ2n) is 10.1. The van der Waals surface area contributed by atoms with Crippen molar-refractivity contribution < 1.29 is 18.3 Å². The molecular weight excluding hydrogens is 426 g/mol. The third kappa shape index (κ3) is 7.03. The molecule has 0 spiro atoms. The fourth-order valence-electron chi connectivity index (χ4n) is 4.33. The highest BCUT2D eigenvalue weighted by molar-refractivity contribution is 7.91. The first-order valence-electron chi connectivity index (χ1n) is 11.2. The number of aliphatic hydroxyl groups is 1. The summed E-state index contributed by atoms with van der Waals surface area (Å²) in [6.07, 6.45) is 4.38. The van der Waals surface area contributed by atoms with Crippen LogP contribution in [0.15, 0.2) is 24.3 Å². The minimum atomic E-state index is -3.32. The topological polar surface area (TPSA) is 119 Å². The number of rotatable bonds is 13. The van der Waals surface area contributed by atoms with Crippen LogP contribution in [0.4, 0.5) is 0 Å². The molecule has 7 nitrogen and oxygen atoms in total. The van der Waals surface area contributed by atoms with E-state index in [9.17, 15) is 18.5 Å². The summed E-state index contributed by atoms with van der Waals surface area (Å²) in [5.74, 6) is -0.370. The lowest BCUT2D eigenvalue weighted by Crippen LogP contribution is -2.47. The van der Waals surface area contributed by atoms with Gasteiger partial charge in [0.25, 0.3) is 0 Å². The lowest BCUT2D eigenvalue weighted by atomic mass is 9.75. The molecule has 8 heteroatoms. The molecule has 1 unspecified atom stereocenters. The van der Waals surface area contributed by atoms with Crippen LogP contribution in [0.5, 0.6) is 0 Å². The second-order valence-corrected chi connectivity index (χ2v) is 12.3. The summed E-state index contributed by atoms with van der Waals surface area (Å²) in [6, 6.07) is 10.3. The van der Waals surface area contributed by atoms with E-state index in [1.807, 2.05) is 45.0 Å². The van der Waals surface area contributed by atoms with Gasteiger partial charge in [-0.15, -0.1) is 0 Å². The lowest BCUT2D eigenvalue weighted by molar-refractivity contribution is -0.127. The molecule has 1 aromatic rings. The number of nitrogens with one attached hydrogen (secondary N) is 2. The largest absolute Gasteiger partial charge is 0.395 e. The number of sulfone groups is 1. The minimum absolute atomic E-state index is 0.00567. The molecule has 32 heavy (non-hydrogen) atoms. The van der Waals surface area contributed by atoms with Gasteiger partial charge in [0, 0.05) is 7.05 Å². The Morgan fingerprint density at radius 1 is 1.25 bits per heavy atom. The van der Waals surface area contributed by atoms with Gasteiger partial charge in [0.2, 0.25) is 5.91 Å². The van der Waals surface area contributed by atoms with E-state index in [2.05, 4.69) is 16.9 Å². The van der Waals surface area contributed by atoms with Gasteiger partial charge in [0.1, 0.15) is 0 Å². The molecule has 0 aliphatic heterocycles. The van der Waals surface area contributed by atoms with Crippen molar-refractivity contribution in [2.75, 3.05) is 25.2 Å². The highest BCUT2D eigenvalue weighted by Crippen LogP contribution is 2.48. The number of carbonyl (C=O) groups is 1. The van der Waals surface area contributed by atoms with Crippen LogP contribution in [0, 0.1) is 22.2 Å². The van der Waals surface area contributed by atoms with Crippen molar-refractivity contribution in [1.82, 2.24) is 10.9 Å². The molecule has 1 saturated carbocycles. The van der Waals surface area contributed by atoms with E-state index in [1.165, 1.54) is 0 Å². The summed E-state index contributed by atoms with van der Waals surface area (Å²) >= 11 is 0. The smallest absolute Gasteiger partial charge is 0.244 e. The van der Waals surface area contributed by atoms with E-state index in [4.69, 9.17) is 5.11 Å². The predicted octanol–water partition coefficient (Wildman–Crippen LogP) is 2.64. The lowest BCUT2D eigenvalue weighted by Gasteiger charge is -2.31. The van der Waals surface area contributed by atoms with Crippen LogP contribution in [0.1, 0.15) is 64.0 Å². The van der Waals surface area contributed by atoms with E-state index >= 15 is 0 Å². The van der Waals surface area contributed by atoms with Gasteiger partial charge in [-0.25, -0.2) is 13.8 Å². The number of aliphatic hydroxyl groups excluding tert-OH is 1. The summed E-state index contributed by atoms with van der Waals surface area (Å²) in [7, 11) is -1.67. The van der Waals surface area contributed by atoms with Gasteiger partial charge in [0.15, 0.2) is 9.84 Å². The Morgan fingerprint density at radius 2 is 1.94 bits per heavy atom. The molecule has 0 heterocycles. The summed E-state index contributed by atoms with van der Waals surface area (Å²) in [5, 5.41) is 18.4. The van der Waals surface area contributed by atoms with Crippen molar-refractivity contribution in [1.29, 1.82) is 5.26 Å². The van der Waals surface area contributed by atoms with Crippen LogP contribution < -0.4 is 10.9 Å². The first-order valence-corrected chi connectivity index (χ1v) is 13.0. The van der Waals surface area contributed by atoms with Gasteiger partial charge < -0.3 is 5.11 Å². The van der Waals surface area contributed by atoms with E-state index in [1.54, 1.807) is 7.05 Å². The average Bonchev–Trinajstić information content (AvgIpc) is 3.47. The SMILES string of the molecule is CNNC(=O)C(C)(CCCC(C)(C)CS(=O)(=O)CCO)c1cccc(CC2(C#N)CC2)c1. The number of hydrogen-bond acceptors (Lipinski definition) is 6. The van der Waals surface area contributed by atoms with Crippen molar-refractivity contribution in [2.24, 2.45) is 10.8 Å². The van der Waals surface area contributed by atoms with Crippen LogP contribution in [-0.2, 0) is 26.5 Å². The maximum atomic E-state index is 13.1. The molecule has 0 radical (unpaired) electrons. The van der Waals surface area contributed by atoms with Crippen molar-refractivity contribution in [3.63, 3.8) is 0 Å². The molecule has 1 amide bonds. The van der Waals surface area contributed by atoms with E-state index in [-0.39, 0.29) is 29.4 Å². The number of benzene rings is 1. The van der Waals surface area contributed by atoms with Crippen molar-refractivity contribution >= 4 is 15.7 Å². The van der Waals surface area contributed by atoms with Crippen molar-refractivity contribution in [3.05, 3.63) is 35.4 Å². The van der Waals surface area contributed by atoms with Gasteiger partial charge in [0.05, 0.1) is 35.0 Å². The standard InChI is InChI=1S/C24H37N3O4S/c1-22(2,18-32(30,31)14-13-28)9-6-10-23(3,21(29)27-26-4)20-8-5-7-19(15-20)16-24(17-25)11-12-24/h5,7-8,15,26,28H,6,9-14,16,18H2,1-4H3,(H,27,29). The zero-order valence-corrected chi connectivity index (χ0v) is 20.5. The molecular formula is C24H37N3O4S. The predicted molar refractivity (Wildman–Crippen MR) is 125 cm³/mol. The summed E-state index contributed by atoms with van der Waals surface area (Å²) in [6.45, 7) is 5.35. The maximum Gasteiger partial charge on any atom is 0.244 e. The fraction of sp³-hybridized carbons (Fsp3) is 0.667. The van der Waals surface area contributed by atoms with Gasteiger partial charge in [-0.1, -0.05) is 44.5 Å². The van der Waals surface area contributed by atoms with Gasteiger partial charge in [-0.3, -0.25) is 10.2 Å². The Kier molecular flexibility index (Phi) is 8.49. The van der Waals surface area contributed by atoms with E-state index < -0.39 is 20.7 Å². The van der Waals surface area contributed by atoms with Crippen LogP contribution in [0.3, 0.4) is 0 Å². The molecule has 1 fully saturated rings. The van der Waals surface area contributed by atoms with Crippen molar-refractivity contribution in [2.45, 2.75) is 64.7 Å². The summed E-state index contributed by atoms with van der Waals surface area (Å²) in [5.41, 5.74) is 5.86. The first-order chi connectivity index (χ1) is 14.9. The molecule has 0 saturated heterocycles. The third-order valence-electron chi connectivity index (χ3n) is 6.48. The Hall–Kier alpha value is -1.95. The van der Waals surface area contributed by atoms with Crippen LogP contribution in [-0.4, -0.2) is 44.6 Å². The highest BCUT2D eigenvalue weighted by Gasteiger charge is 2.43. The van der Waals surface area contributed by atoms with Gasteiger partial charge in [-0.05, 0) is 55.6 Å². The summed E-state index contributed by atoms with van der Waals surface area (Å²) in [4.78, 5) is 13.1. The Balaban J connectivity index is 2.17. The monoisotopic (exact) mass is 463 g/mol. The molecule has 1 atom stereocenters. The number of amides is 1. The van der Waals surface area contributed by atoms with Gasteiger partial charge >= 0.3 is 0 Å². The molecule has 0 aromatic heterocycles. The number of hydrogen-bond donors (Lipinski definition) is 3. The zero-order valence-electron chi connectivity index (χ0n) is 19.7. The number of carbonyl (C=O) groups excluding carboxylic acids is 1. The number of nitriles is 1. The highest BCUT2D eigenvalue weighted by atomic mass is 32.2. The average molecular weight is 464 g/mol. The number of hydrazine groups is 1. The zero-order chi connectivity index (χ0) is 24.0. The van der Waals surface area contributed by atoms with E-state index in [0.717, 1.165) is 24.0 Å². The third-order valence-corrected chi connectivity index (χ3v) is 8.51. The Labute approximate surface area is 192 Å². The Morgan fingerprint density at radius 3 is 2.50 bits per heavy atom. The molecule has 3 N–H and O–H groups in total. The molecule has 178 valence electrons. The molecule has 1 aliphatic rings. The molecule has 1 aliphatic carbocycles. The molecule has 0 bridgehead atoms. The first kappa shape index (κ1) is 26.3. The Bertz CT molecular complexity index is 948. The fourth-order valence-corrected chi connectivity index (χ4v) is 6.09. The summed E-state index contributed by atoms with van der Waals surface area (Å²) < 4.78 is 24.3. The molecule has 1 aromatic carbocycles. The van der Waals surface area contributed by atoms with Crippen molar-refractivity contribution in [3.8, 4) is 6.07 Å². The van der Waals surface area contributed by atoms with E-state index in [0.29, 0.717) is 25.7 Å².